The summed E-state index contributed by atoms with van der Waals surface area (Å²) in [7, 11) is 0. The highest BCUT2D eigenvalue weighted by Gasteiger charge is 2.40. The maximum Gasteiger partial charge on any atom is 0.261 e. The molecule has 1 aromatic carbocycles. The molecule has 1 amide bonds. The number of hydrogen-bond donors (Lipinski definition) is 1. The van der Waals surface area contributed by atoms with Crippen molar-refractivity contribution in [2.24, 2.45) is 5.92 Å². The predicted molar refractivity (Wildman–Crippen MR) is 99.5 cm³/mol. The first-order chi connectivity index (χ1) is 11.6. The van der Waals surface area contributed by atoms with E-state index in [0.717, 1.165) is 4.88 Å². The van der Waals surface area contributed by atoms with Gasteiger partial charge in [0.15, 0.2) is 0 Å². The third-order valence-corrected chi connectivity index (χ3v) is 6.83. The van der Waals surface area contributed by atoms with Gasteiger partial charge in [-0.2, -0.15) is 0 Å². The Morgan fingerprint density at radius 3 is 2.62 bits per heavy atom. The number of benzene rings is 1. The minimum absolute atomic E-state index is 0.0884. The molecule has 0 spiro atoms. The predicted octanol–water partition coefficient (Wildman–Crippen LogP) is 3.94. The summed E-state index contributed by atoms with van der Waals surface area (Å²) >= 11 is 1.59. The van der Waals surface area contributed by atoms with Crippen LogP contribution in [0.2, 0.25) is 0 Å². The SMILES string of the molecule is Cc1ccccc1-c1ccc(C(=O)N[C@@H]2C3CCN(CC3)[C@H]2C)s1. The molecule has 5 rings (SSSR count). The van der Waals surface area contributed by atoms with E-state index >= 15 is 0 Å². The summed E-state index contributed by atoms with van der Waals surface area (Å²) in [6.07, 6.45) is 2.43. The van der Waals surface area contributed by atoms with E-state index in [-0.39, 0.29) is 5.91 Å². The Labute approximate surface area is 147 Å². The lowest BCUT2D eigenvalue weighted by molar-refractivity contribution is 0.0218. The number of fused-ring (bicyclic) bond motifs is 3. The van der Waals surface area contributed by atoms with Gasteiger partial charge >= 0.3 is 0 Å². The van der Waals surface area contributed by atoms with E-state index < -0.39 is 0 Å². The lowest BCUT2D eigenvalue weighted by Gasteiger charge is -2.49. The number of nitrogens with one attached hydrogen (secondary N) is 1. The number of piperidine rings is 3. The molecule has 3 fully saturated rings. The average Bonchev–Trinajstić information content (AvgIpc) is 3.09. The van der Waals surface area contributed by atoms with Gasteiger partial charge in [-0.25, -0.2) is 0 Å². The molecule has 2 atom stereocenters. The fourth-order valence-corrected chi connectivity index (χ4v) is 5.22. The Kier molecular flexibility index (Phi) is 4.19. The fraction of sp³-hybridized carbons (Fsp3) is 0.450. The Morgan fingerprint density at radius 2 is 1.92 bits per heavy atom. The molecule has 1 N–H and O–H groups in total. The van der Waals surface area contributed by atoms with E-state index in [4.69, 9.17) is 0 Å². The van der Waals surface area contributed by atoms with Crippen LogP contribution in [0.5, 0.6) is 0 Å². The van der Waals surface area contributed by atoms with Gasteiger partial charge in [0.1, 0.15) is 0 Å². The molecular formula is C20H24N2OS. The van der Waals surface area contributed by atoms with Crippen LogP contribution in [0.15, 0.2) is 36.4 Å². The zero-order chi connectivity index (χ0) is 16.7. The standard InChI is InChI=1S/C20H24N2OS/c1-13-5-3-4-6-16(13)17-7-8-18(24-17)20(23)21-19-14(2)22-11-9-15(19)10-12-22/h3-8,14-15,19H,9-12H2,1-2H3,(H,21,23)/t14-,19-/m0/s1. The van der Waals surface area contributed by atoms with Gasteiger partial charge < -0.3 is 5.32 Å². The molecule has 3 aliphatic rings. The number of amides is 1. The first kappa shape index (κ1) is 15.9. The molecule has 3 nitrogen and oxygen atoms in total. The maximum atomic E-state index is 12.7. The summed E-state index contributed by atoms with van der Waals surface area (Å²) in [5, 5.41) is 3.33. The minimum Gasteiger partial charge on any atom is -0.347 e. The first-order valence-corrected chi connectivity index (χ1v) is 9.66. The number of hydrogen-bond acceptors (Lipinski definition) is 3. The van der Waals surface area contributed by atoms with E-state index in [1.54, 1.807) is 11.3 Å². The van der Waals surface area contributed by atoms with Crippen LogP contribution in [0.3, 0.4) is 0 Å². The summed E-state index contributed by atoms with van der Waals surface area (Å²) in [5.41, 5.74) is 2.47. The van der Waals surface area contributed by atoms with Crippen LogP contribution in [-0.4, -0.2) is 36.0 Å². The van der Waals surface area contributed by atoms with Gasteiger partial charge in [0.2, 0.25) is 0 Å². The zero-order valence-electron chi connectivity index (χ0n) is 14.3. The highest BCUT2D eigenvalue weighted by molar-refractivity contribution is 7.17. The van der Waals surface area contributed by atoms with Crippen molar-refractivity contribution in [1.29, 1.82) is 0 Å². The molecule has 2 aromatic rings. The van der Waals surface area contributed by atoms with Crippen molar-refractivity contribution < 1.29 is 4.79 Å². The molecular weight excluding hydrogens is 316 g/mol. The first-order valence-electron chi connectivity index (χ1n) is 8.84. The number of nitrogens with zero attached hydrogens (tertiary/aromatic N) is 1. The lowest BCUT2D eigenvalue weighted by Crippen LogP contribution is -2.62. The number of carbonyl (C=O) groups excluding carboxylic acids is 1. The van der Waals surface area contributed by atoms with Crippen LogP contribution >= 0.6 is 11.3 Å². The minimum atomic E-state index is 0.0884. The molecule has 126 valence electrons. The molecule has 4 heterocycles. The van der Waals surface area contributed by atoms with Gasteiger partial charge in [-0.05, 0) is 69.0 Å². The zero-order valence-corrected chi connectivity index (χ0v) is 15.1. The van der Waals surface area contributed by atoms with Gasteiger partial charge in [0, 0.05) is 17.0 Å². The fourth-order valence-electron chi connectivity index (χ4n) is 4.22. The van der Waals surface area contributed by atoms with Crippen LogP contribution in [-0.2, 0) is 0 Å². The van der Waals surface area contributed by atoms with Crippen molar-refractivity contribution in [2.75, 3.05) is 13.1 Å². The smallest absolute Gasteiger partial charge is 0.261 e. The van der Waals surface area contributed by atoms with Gasteiger partial charge in [0.05, 0.1) is 4.88 Å². The largest absolute Gasteiger partial charge is 0.347 e. The Balaban J connectivity index is 1.51. The van der Waals surface area contributed by atoms with Crippen LogP contribution in [0, 0.1) is 12.8 Å². The third kappa shape index (κ3) is 2.78. The summed E-state index contributed by atoms with van der Waals surface area (Å²) in [4.78, 5) is 17.2. The molecule has 1 aromatic heterocycles. The van der Waals surface area contributed by atoms with Crippen molar-refractivity contribution in [2.45, 2.75) is 38.8 Å². The van der Waals surface area contributed by atoms with Crippen LogP contribution in [0.4, 0.5) is 0 Å². The summed E-state index contributed by atoms with van der Waals surface area (Å²) in [6, 6.07) is 13.1. The second kappa shape index (κ2) is 6.34. The van der Waals surface area contributed by atoms with E-state index in [1.807, 2.05) is 6.07 Å². The van der Waals surface area contributed by atoms with Crippen molar-refractivity contribution >= 4 is 17.2 Å². The molecule has 3 saturated heterocycles. The van der Waals surface area contributed by atoms with Crippen molar-refractivity contribution in [3.05, 3.63) is 46.8 Å². The highest BCUT2D eigenvalue weighted by Crippen LogP contribution is 2.33. The van der Waals surface area contributed by atoms with Crippen molar-refractivity contribution in [1.82, 2.24) is 10.2 Å². The van der Waals surface area contributed by atoms with Gasteiger partial charge in [0.25, 0.3) is 5.91 Å². The van der Waals surface area contributed by atoms with Crippen LogP contribution < -0.4 is 5.32 Å². The normalized spacial score (nSPS) is 28.8. The van der Waals surface area contributed by atoms with E-state index in [1.165, 1.54) is 41.9 Å². The number of aryl methyl sites for hydroxylation is 1. The van der Waals surface area contributed by atoms with Crippen LogP contribution in [0.25, 0.3) is 10.4 Å². The summed E-state index contributed by atoms with van der Waals surface area (Å²) in [5.74, 6) is 0.732. The Bertz CT molecular complexity index is 744. The van der Waals surface area contributed by atoms with Crippen LogP contribution in [0.1, 0.15) is 35.0 Å². The quantitative estimate of drug-likeness (QED) is 0.918. The second-order valence-electron chi connectivity index (χ2n) is 7.09. The highest BCUT2D eigenvalue weighted by atomic mass is 32.1. The molecule has 0 aliphatic carbocycles. The monoisotopic (exact) mass is 340 g/mol. The molecule has 24 heavy (non-hydrogen) atoms. The van der Waals surface area contributed by atoms with Gasteiger partial charge in [-0.15, -0.1) is 11.3 Å². The Morgan fingerprint density at radius 1 is 1.17 bits per heavy atom. The molecule has 2 bridgehead atoms. The molecule has 4 heteroatoms. The molecule has 0 radical (unpaired) electrons. The summed E-state index contributed by atoms with van der Waals surface area (Å²) < 4.78 is 0. The van der Waals surface area contributed by atoms with E-state index in [2.05, 4.69) is 54.4 Å². The number of carbonyl (C=O) groups is 1. The van der Waals surface area contributed by atoms with Crippen molar-refractivity contribution in [3.63, 3.8) is 0 Å². The molecule has 3 aliphatic heterocycles. The average molecular weight is 340 g/mol. The Hall–Kier alpha value is -1.65. The number of thiophene rings is 1. The summed E-state index contributed by atoms with van der Waals surface area (Å²) in [6.45, 7) is 6.75. The molecule has 0 saturated carbocycles. The lowest BCUT2D eigenvalue weighted by atomic mass is 9.79. The third-order valence-electron chi connectivity index (χ3n) is 5.72. The van der Waals surface area contributed by atoms with E-state index in [0.29, 0.717) is 18.0 Å². The maximum absolute atomic E-state index is 12.7. The second-order valence-corrected chi connectivity index (χ2v) is 8.18. The molecule has 0 unspecified atom stereocenters. The number of rotatable bonds is 3. The van der Waals surface area contributed by atoms with Gasteiger partial charge in [-0.1, -0.05) is 24.3 Å². The topological polar surface area (TPSA) is 32.3 Å². The van der Waals surface area contributed by atoms with E-state index in [9.17, 15) is 4.79 Å². The van der Waals surface area contributed by atoms with Crippen molar-refractivity contribution in [3.8, 4) is 10.4 Å². The van der Waals surface area contributed by atoms with Gasteiger partial charge in [-0.3, -0.25) is 9.69 Å².